The summed E-state index contributed by atoms with van der Waals surface area (Å²) in [5.74, 6) is 1.58. The molecule has 0 spiro atoms. The lowest BCUT2D eigenvalue weighted by Gasteiger charge is -2.16. The van der Waals surface area contributed by atoms with Crippen LogP contribution < -0.4 is 30.2 Å². The number of amides is 2. The molecule has 0 bridgehead atoms. The quantitative estimate of drug-likeness (QED) is 0.486. The predicted molar refractivity (Wildman–Crippen MR) is 125 cm³/mol. The molecule has 3 N–H and O–H groups in total. The van der Waals surface area contributed by atoms with E-state index in [4.69, 9.17) is 14.2 Å². The molecule has 1 aliphatic heterocycles. The van der Waals surface area contributed by atoms with E-state index in [-0.39, 0.29) is 18.6 Å². The lowest BCUT2D eigenvalue weighted by atomic mass is 10.1. The van der Waals surface area contributed by atoms with Crippen LogP contribution in [0.25, 0.3) is 0 Å². The van der Waals surface area contributed by atoms with Gasteiger partial charge in [-0.05, 0) is 61.0 Å². The van der Waals surface area contributed by atoms with Crippen molar-refractivity contribution < 1.29 is 23.8 Å². The molecule has 8 heteroatoms. The molecule has 4 rings (SSSR count). The van der Waals surface area contributed by atoms with Crippen LogP contribution in [-0.2, 0) is 11.3 Å². The number of anilines is 2. The minimum absolute atomic E-state index is 0.148. The number of nitrogens with one attached hydrogen (secondary N) is 3. The van der Waals surface area contributed by atoms with E-state index in [2.05, 4.69) is 16.0 Å². The Hall–Kier alpha value is -4.20. The third-order valence-electron chi connectivity index (χ3n) is 5.18. The van der Waals surface area contributed by atoms with Crippen LogP contribution >= 0.6 is 0 Å². The molecule has 1 heterocycles. The Morgan fingerprint density at radius 1 is 1.00 bits per heavy atom. The summed E-state index contributed by atoms with van der Waals surface area (Å²) < 4.78 is 15.9. The number of carbonyl (C=O) groups is 2. The molecular weight excluding hydrogens is 422 g/mol. The smallest absolute Gasteiger partial charge is 0.255 e. The number of hydrogen-bond donors (Lipinski definition) is 3. The number of ether oxygens (including phenoxy) is 3. The number of para-hydroxylation sites is 2. The van der Waals surface area contributed by atoms with Gasteiger partial charge in [0, 0.05) is 17.8 Å². The lowest BCUT2D eigenvalue weighted by Crippen LogP contribution is -2.37. The van der Waals surface area contributed by atoms with Crippen LogP contribution in [0.5, 0.6) is 17.2 Å². The molecule has 170 valence electrons. The van der Waals surface area contributed by atoms with Gasteiger partial charge in [-0.3, -0.25) is 9.59 Å². The SMILES string of the molecule is COc1ccccc1NC(=O)c1ccc(N[C@H](C)C(=O)NCc2ccc3c(c2)OCO3)cc1. The molecule has 3 aromatic carbocycles. The van der Waals surface area contributed by atoms with E-state index in [1.54, 1.807) is 50.4 Å². The first kappa shape index (κ1) is 22.0. The van der Waals surface area contributed by atoms with Crippen LogP contribution in [0.4, 0.5) is 11.4 Å². The third-order valence-corrected chi connectivity index (χ3v) is 5.18. The number of benzene rings is 3. The normalized spacial score (nSPS) is 12.5. The molecular formula is C25H25N3O5. The molecule has 0 saturated carbocycles. The second kappa shape index (κ2) is 9.95. The fraction of sp³-hybridized carbons (Fsp3) is 0.200. The molecule has 8 nitrogen and oxygen atoms in total. The average Bonchev–Trinajstić information content (AvgIpc) is 3.31. The number of rotatable bonds is 8. The molecule has 0 saturated heterocycles. The van der Waals surface area contributed by atoms with Crippen LogP contribution in [0.1, 0.15) is 22.8 Å². The summed E-state index contributed by atoms with van der Waals surface area (Å²) in [6.07, 6.45) is 0. The summed E-state index contributed by atoms with van der Waals surface area (Å²) in [6.45, 7) is 2.37. The van der Waals surface area contributed by atoms with Gasteiger partial charge in [-0.15, -0.1) is 0 Å². The molecule has 33 heavy (non-hydrogen) atoms. The van der Waals surface area contributed by atoms with Crippen LogP contribution in [-0.4, -0.2) is 31.8 Å². The standard InChI is InChI=1S/C25H25N3O5/c1-16(24(29)26-14-17-7-12-22-23(13-17)33-15-32-22)27-19-10-8-18(9-11-19)25(30)28-20-5-3-4-6-21(20)31-2/h3-13,16,27H,14-15H2,1-2H3,(H,26,29)(H,28,30)/t16-/m1/s1. The molecule has 1 atom stereocenters. The first-order valence-corrected chi connectivity index (χ1v) is 10.5. The van der Waals surface area contributed by atoms with Gasteiger partial charge >= 0.3 is 0 Å². The topological polar surface area (TPSA) is 97.9 Å². The summed E-state index contributed by atoms with van der Waals surface area (Å²) in [4.78, 5) is 25.0. The van der Waals surface area contributed by atoms with E-state index < -0.39 is 6.04 Å². The van der Waals surface area contributed by atoms with E-state index in [0.717, 1.165) is 11.3 Å². The Kier molecular flexibility index (Phi) is 6.64. The van der Waals surface area contributed by atoms with Crippen LogP contribution in [0, 0.1) is 0 Å². The zero-order valence-electron chi connectivity index (χ0n) is 18.4. The van der Waals surface area contributed by atoms with E-state index in [1.165, 1.54) is 0 Å². The number of fused-ring (bicyclic) bond motifs is 1. The minimum atomic E-state index is -0.465. The van der Waals surface area contributed by atoms with Gasteiger partial charge in [0.25, 0.3) is 5.91 Å². The summed E-state index contributed by atoms with van der Waals surface area (Å²) in [5, 5.41) is 8.89. The van der Waals surface area contributed by atoms with Crippen molar-refractivity contribution in [2.45, 2.75) is 19.5 Å². The highest BCUT2D eigenvalue weighted by Crippen LogP contribution is 2.32. The predicted octanol–water partition coefficient (Wildman–Crippen LogP) is 3.79. The molecule has 3 aromatic rings. The maximum atomic E-state index is 12.5. The molecule has 1 aliphatic rings. The third kappa shape index (κ3) is 5.35. The summed E-state index contributed by atoms with van der Waals surface area (Å²) in [6, 6.07) is 19.2. The van der Waals surface area contributed by atoms with Crippen molar-refractivity contribution in [3.8, 4) is 17.2 Å². The molecule has 0 aliphatic carbocycles. The second-order valence-corrected chi connectivity index (χ2v) is 7.50. The number of carbonyl (C=O) groups excluding carboxylic acids is 2. The van der Waals surface area contributed by atoms with Crippen LogP contribution in [0.15, 0.2) is 66.7 Å². The molecule has 0 radical (unpaired) electrons. The Morgan fingerprint density at radius 3 is 2.55 bits per heavy atom. The van der Waals surface area contributed by atoms with Crippen molar-refractivity contribution in [1.29, 1.82) is 0 Å². The van der Waals surface area contributed by atoms with Gasteiger partial charge in [0.2, 0.25) is 12.7 Å². The van der Waals surface area contributed by atoms with Crippen molar-refractivity contribution in [3.63, 3.8) is 0 Å². The first-order valence-electron chi connectivity index (χ1n) is 10.5. The van der Waals surface area contributed by atoms with Crippen molar-refractivity contribution in [2.24, 2.45) is 0 Å². The zero-order valence-corrected chi connectivity index (χ0v) is 18.4. The highest BCUT2D eigenvalue weighted by Gasteiger charge is 2.16. The van der Waals surface area contributed by atoms with Gasteiger partial charge in [-0.25, -0.2) is 0 Å². The minimum Gasteiger partial charge on any atom is -0.495 e. The number of hydrogen-bond acceptors (Lipinski definition) is 6. The Labute approximate surface area is 191 Å². The molecule has 0 fully saturated rings. The van der Waals surface area contributed by atoms with E-state index in [0.29, 0.717) is 35.0 Å². The maximum absolute atomic E-state index is 12.5. The van der Waals surface area contributed by atoms with Crippen LogP contribution in [0.2, 0.25) is 0 Å². The fourth-order valence-corrected chi connectivity index (χ4v) is 3.37. The van der Waals surface area contributed by atoms with Crippen molar-refractivity contribution in [3.05, 3.63) is 77.9 Å². The maximum Gasteiger partial charge on any atom is 0.255 e. The molecule has 2 amide bonds. The van der Waals surface area contributed by atoms with Crippen molar-refractivity contribution >= 4 is 23.2 Å². The number of methoxy groups -OCH3 is 1. The van der Waals surface area contributed by atoms with Gasteiger partial charge in [-0.1, -0.05) is 18.2 Å². The van der Waals surface area contributed by atoms with Gasteiger partial charge in [0.05, 0.1) is 12.8 Å². The van der Waals surface area contributed by atoms with E-state index in [9.17, 15) is 9.59 Å². The monoisotopic (exact) mass is 447 g/mol. The van der Waals surface area contributed by atoms with E-state index >= 15 is 0 Å². The molecule has 0 aromatic heterocycles. The van der Waals surface area contributed by atoms with Gasteiger partial charge < -0.3 is 30.2 Å². The largest absolute Gasteiger partial charge is 0.495 e. The van der Waals surface area contributed by atoms with Crippen molar-refractivity contribution in [1.82, 2.24) is 5.32 Å². The van der Waals surface area contributed by atoms with Crippen molar-refractivity contribution in [2.75, 3.05) is 24.5 Å². The van der Waals surface area contributed by atoms with Gasteiger partial charge in [0.15, 0.2) is 11.5 Å². The molecule has 0 unspecified atom stereocenters. The average molecular weight is 447 g/mol. The Bertz CT molecular complexity index is 1150. The van der Waals surface area contributed by atoms with Crippen LogP contribution in [0.3, 0.4) is 0 Å². The zero-order chi connectivity index (χ0) is 23.2. The fourth-order valence-electron chi connectivity index (χ4n) is 3.37. The lowest BCUT2D eigenvalue weighted by molar-refractivity contribution is -0.121. The Balaban J connectivity index is 1.29. The summed E-state index contributed by atoms with van der Waals surface area (Å²) >= 11 is 0. The van der Waals surface area contributed by atoms with Gasteiger partial charge in [0.1, 0.15) is 11.8 Å². The second-order valence-electron chi connectivity index (χ2n) is 7.50. The van der Waals surface area contributed by atoms with E-state index in [1.807, 2.05) is 30.3 Å². The Morgan fingerprint density at radius 2 is 1.76 bits per heavy atom. The van der Waals surface area contributed by atoms with Gasteiger partial charge in [-0.2, -0.15) is 0 Å². The highest BCUT2D eigenvalue weighted by molar-refractivity contribution is 6.05. The summed E-state index contributed by atoms with van der Waals surface area (Å²) in [5.41, 5.74) is 2.74. The summed E-state index contributed by atoms with van der Waals surface area (Å²) in [7, 11) is 1.55. The highest BCUT2D eigenvalue weighted by atomic mass is 16.7. The first-order chi connectivity index (χ1) is 16.0.